The minimum atomic E-state index is -6.09. The fraction of sp³-hybridized carbons (Fsp3) is 0.471. The molecule has 2 aliphatic heterocycles. The number of alkyl halides is 3. The van der Waals surface area contributed by atoms with E-state index in [1.165, 1.54) is 14.2 Å². The van der Waals surface area contributed by atoms with Crippen LogP contribution in [0, 0.1) is 0 Å². The van der Waals surface area contributed by atoms with Gasteiger partial charge in [0.05, 0.1) is 149 Å². The van der Waals surface area contributed by atoms with Crippen molar-refractivity contribution in [2.45, 2.75) is 38.1 Å². The summed E-state index contributed by atoms with van der Waals surface area (Å²) in [6.07, 6.45) is 3.74. The number of methoxy groups -OCH3 is 2. The van der Waals surface area contributed by atoms with Crippen LogP contribution in [0.25, 0.3) is 0 Å². The number of carbonyl (C=O) groups excluding carboxylic acids is 4. The second-order valence-corrected chi connectivity index (χ2v) is 23.0. The number of nitrogens with zero attached hydrogens (tertiary/aromatic N) is 8. The Morgan fingerprint density at radius 3 is 1.10 bits per heavy atom. The summed E-state index contributed by atoms with van der Waals surface area (Å²) < 4.78 is 116. The Morgan fingerprint density at radius 1 is 0.471 bits per heavy atom. The number of anilines is 2. The molecule has 0 amide bonds. The number of nitrogen functional groups attached to an aromatic ring is 2. The molecule has 6 aromatic rings. The van der Waals surface area contributed by atoms with Crippen LogP contribution < -0.4 is 100 Å². The van der Waals surface area contributed by atoms with E-state index in [2.05, 4.69) is 39.5 Å². The molecule has 0 radical (unpaired) electrons. The predicted octanol–water partition coefficient (Wildman–Crippen LogP) is -4.10. The maximum atomic E-state index is 12.3. The van der Waals surface area contributed by atoms with Crippen LogP contribution in [0.15, 0.2) is 121 Å². The van der Waals surface area contributed by atoms with E-state index in [-0.39, 0.29) is 136 Å². The van der Waals surface area contributed by atoms with Gasteiger partial charge in [0.2, 0.25) is 0 Å². The van der Waals surface area contributed by atoms with Gasteiger partial charge in [0.1, 0.15) is 11.4 Å². The first-order valence-electron chi connectivity index (χ1n) is 31.5. The van der Waals surface area contributed by atoms with Gasteiger partial charge in [-0.25, -0.2) is 28.0 Å². The SMILES string of the molecule is C.COC(=O)c1cccc(CN2CCOCCOCCN(C(c3ccc(N)cc3)c3cccc(C(=O)OC)n3)CCOCCOCC2)n1.Nc1ccc(C(c2cccc([C-]=O)n2)N2CCOCCOCCN(Cc3cccc([C-]=O)n3)CCOCCOCC2)cc1.O=S(=O)([O-])C(F)(F)F.[Na+].[Na+].[Na+].[OH-].[OH-]. The van der Waals surface area contributed by atoms with Crippen LogP contribution in [0.4, 0.5) is 24.5 Å². The van der Waals surface area contributed by atoms with E-state index >= 15 is 0 Å². The zero-order valence-electron chi connectivity index (χ0n) is 58.7. The van der Waals surface area contributed by atoms with Crippen LogP contribution >= 0.6 is 0 Å². The Balaban J connectivity index is 0.00000176. The van der Waals surface area contributed by atoms with Crippen molar-refractivity contribution in [3.63, 3.8) is 0 Å². The smallest absolute Gasteiger partial charge is 0.870 e. The van der Waals surface area contributed by atoms with E-state index < -0.39 is 27.6 Å². The second-order valence-electron chi connectivity index (χ2n) is 21.7. The first-order chi connectivity index (χ1) is 47.4. The fourth-order valence-electron chi connectivity index (χ4n) is 9.91. The van der Waals surface area contributed by atoms with Crippen LogP contribution in [-0.4, -0.2) is 266 Å². The van der Waals surface area contributed by atoms with Crippen LogP contribution in [0.1, 0.15) is 85.8 Å². The van der Waals surface area contributed by atoms with Crippen molar-refractivity contribution in [2.75, 3.05) is 184 Å². The molecule has 29 nitrogen and oxygen atoms in total. The van der Waals surface area contributed by atoms with Crippen molar-refractivity contribution in [1.82, 2.24) is 39.5 Å². The van der Waals surface area contributed by atoms with Gasteiger partial charge in [0, 0.05) is 95.1 Å². The predicted molar refractivity (Wildman–Crippen MR) is 361 cm³/mol. The standard InChI is InChI=1S/C34H45N5O8.C32H39N5O6.CHF3O3S.CH4.3Na.2H2O/c1-42-33(40)30-7-3-5-28(36-30)25-38-13-17-44-21-23-46-19-15-39(16-20-47-24-22-45-18-14-38)32(26-9-11-27(35)12-10-26)29-6-4-8-31(37-29)34(41)43-2;33-27-9-7-26(8-10-27)32(31-6-2-5-30(25-39)35-31)37-13-17-42-21-19-40-15-11-36(12-16-41-20-22-43-18-14-37)23-28-3-1-4-29(24-38)34-28;2-1(3,4)8(5,6)7;;;;;;/h3-12,32H,13-25,35H2,1-2H3;1-10,32H,11-23,33H2;(H,5,6,7);1H4;;;;2*1H2/q;-2;;;3*+1;;/p-3. The van der Waals surface area contributed by atoms with Crippen molar-refractivity contribution in [3.8, 4) is 0 Å². The Bertz CT molecular complexity index is 3430. The van der Waals surface area contributed by atoms with Crippen molar-refractivity contribution in [1.29, 1.82) is 0 Å². The molecule has 0 saturated carbocycles. The van der Waals surface area contributed by atoms with Crippen molar-refractivity contribution in [2.24, 2.45) is 0 Å². The molecule has 0 bridgehead atoms. The molecule has 8 rings (SSSR count). The monoisotopic (exact) mass is 1510 g/mol. The fourth-order valence-corrected chi connectivity index (χ4v) is 9.91. The van der Waals surface area contributed by atoms with Crippen molar-refractivity contribution < 1.29 is 192 Å². The summed E-state index contributed by atoms with van der Waals surface area (Å²) in [5.41, 5.74) is 13.7. The molecule has 2 unspecified atom stereocenters. The normalized spacial score (nSPS) is 16.6. The number of halogens is 3. The van der Waals surface area contributed by atoms with E-state index in [1.807, 2.05) is 97.5 Å². The molecule has 2 fully saturated rings. The molecule has 36 heteroatoms. The second kappa shape index (κ2) is 55.5. The molecule has 2 atom stereocenters. The summed E-state index contributed by atoms with van der Waals surface area (Å²) in [6.45, 7) is 13.5. The average Bonchev–Trinajstić information content (AvgIpc) is 0.817. The number of carbonyl (C=O) groups is 2. The van der Waals surface area contributed by atoms with Gasteiger partial charge in [-0.1, -0.05) is 67.3 Å². The van der Waals surface area contributed by atoms with Gasteiger partial charge >= 0.3 is 106 Å². The number of benzene rings is 2. The van der Waals surface area contributed by atoms with E-state index in [0.29, 0.717) is 194 Å². The molecular weight excluding hydrogens is 1420 g/mol. The van der Waals surface area contributed by atoms with Gasteiger partial charge in [-0.3, -0.25) is 29.6 Å². The number of hydrogen-bond acceptors (Lipinski definition) is 29. The molecule has 0 spiro atoms. The Kier molecular flexibility index (Phi) is 52.8. The van der Waals surface area contributed by atoms with Gasteiger partial charge in [-0.2, -0.15) is 25.3 Å². The van der Waals surface area contributed by atoms with Gasteiger partial charge in [-0.05, 0) is 59.7 Å². The third kappa shape index (κ3) is 36.8. The zero-order chi connectivity index (χ0) is 70.4. The van der Waals surface area contributed by atoms with Gasteiger partial charge in [0.15, 0.2) is 10.1 Å². The molecular formula is C68H90F3N10Na3O19S-2. The average molecular weight is 1510 g/mol. The number of rotatable bonds is 14. The maximum absolute atomic E-state index is 12.3. The first-order valence-corrected chi connectivity index (χ1v) is 32.9. The number of pyridine rings is 4. The number of esters is 2. The number of ether oxygens (including phenoxy) is 10. The zero-order valence-corrected chi connectivity index (χ0v) is 65.5. The van der Waals surface area contributed by atoms with Crippen molar-refractivity contribution in [3.05, 3.63) is 178 Å². The quantitative estimate of drug-likeness (QED) is 0.0261. The van der Waals surface area contributed by atoms with Crippen LogP contribution in [0.5, 0.6) is 0 Å². The summed E-state index contributed by atoms with van der Waals surface area (Å²) in [7, 11) is -3.41. The molecule has 6 N–H and O–H groups in total. The number of nitrogens with two attached hydrogens (primary N) is 2. The third-order valence-corrected chi connectivity index (χ3v) is 15.4. The topological polar surface area (TPSA) is 394 Å². The third-order valence-electron chi connectivity index (χ3n) is 14.8. The summed E-state index contributed by atoms with van der Waals surface area (Å²) in [5, 5.41) is 0. The minimum Gasteiger partial charge on any atom is -0.870 e. The van der Waals surface area contributed by atoms with E-state index in [9.17, 15) is 32.3 Å². The summed E-state index contributed by atoms with van der Waals surface area (Å²) in [4.78, 5) is 73.4. The van der Waals surface area contributed by atoms with Gasteiger partial charge in [0.25, 0.3) is 0 Å². The Labute approximate surface area is 672 Å². The summed E-state index contributed by atoms with van der Waals surface area (Å²) >= 11 is 0. The van der Waals surface area contributed by atoms with Gasteiger partial charge < -0.3 is 83.9 Å². The number of aromatic nitrogens is 4. The molecule has 2 saturated heterocycles. The number of hydrogen-bond donors (Lipinski definition) is 2. The van der Waals surface area contributed by atoms with E-state index in [0.717, 1.165) is 28.2 Å². The maximum Gasteiger partial charge on any atom is 1.00 e. The molecule has 104 heavy (non-hydrogen) atoms. The first kappa shape index (κ1) is 99.1. The molecule has 2 aromatic carbocycles. The largest absolute Gasteiger partial charge is 1.00 e. The van der Waals surface area contributed by atoms with Crippen LogP contribution in [-0.2, 0) is 80.2 Å². The van der Waals surface area contributed by atoms with E-state index in [1.54, 1.807) is 36.4 Å². The molecule has 558 valence electrons. The summed E-state index contributed by atoms with van der Waals surface area (Å²) in [6, 6.07) is 36.2. The Hall–Kier alpha value is -4.94. The van der Waals surface area contributed by atoms with Crippen LogP contribution in [0.3, 0.4) is 0 Å². The molecule has 4 aromatic heterocycles. The van der Waals surface area contributed by atoms with Crippen LogP contribution in [0.2, 0.25) is 0 Å². The summed E-state index contributed by atoms with van der Waals surface area (Å²) in [5.74, 6) is -0.964. The van der Waals surface area contributed by atoms with Crippen molar-refractivity contribution >= 4 is 46.0 Å². The molecule has 0 aliphatic carbocycles. The minimum absolute atomic E-state index is 0. The van der Waals surface area contributed by atoms with E-state index in [4.69, 9.17) is 71.8 Å². The van der Waals surface area contributed by atoms with Gasteiger partial charge in [-0.15, -0.1) is 12.1 Å². The Morgan fingerprint density at radius 2 is 0.760 bits per heavy atom. The molecule has 2 aliphatic rings. The molecule has 6 heterocycles.